The van der Waals surface area contributed by atoms with Gasteiger partial charge in [-0.1, -0.05) is 33.1 Å². The standard InChI is InChI=1S/C12H23NO4/c1-3-4-5-6-7-13(9-11(14)15)8-10(2)12(16)17/h10H,3-9H2,1-2H3,(H,14,15)(H,16,17). The summed E-state index contributed by atoms with van der Waals surface area (Å²) < 4.78 is 0. The topological polar surface area (TPSA) is 77.8 Å². The first-order chi connectivity index (χ1) is 7.97. The summed E-state index contributed by atoms with van der Waals surface area (Å²) >= 11 is 0. The molecule has 0 aromatic rings. The van der Waals surface area contributed by atoms with Gasteiger partial charge in [-0.3, -0.25) is 14.5 Å². The maximum absolute atomic E-state index is 10.7. The Kier molecular flexibility index (Phi) is 8.40. The molecule has 0 aromatic carbocycles. The second-order valence-corrected chi connectivity index (χ2v) is 4.43. The summed E-state index contributed by atoms with van der Waals surface area (Å²) in [7, 11) is 0. The fourth-order valence-electron chi connectivity index (χ4n) is 1.65. The van der Waals surface area contributed by atoms with Crippen LogP contribution < -0.4 is 0 Å². The zero-order valence-corrected chi connectivity index (χ0v) is 10.7. The van der Waals surface area contributed by atoms with Gasteiger partial charge in [0.05, 0.1) is 12.5 Å². The highest BCUT2D eigenvalue weighted by atomic mass is 16.4. The quantitative estimate of drug-likeness (QED) is 0.572. The summed E-state index contributed by atoms with van der Waals surface area (Å²) in [6.45, 7) is 4.59. The van der Waals surface area contributed by atoms with Crippen molar-refractivity contribution in [3.05, 3.63) is 0 Å². The van der Waals surface area contributed by atoms with Gasteiger partial charge in [0.2, 0.25) is 0 Å². The second-order valence-electron chi connectivity index (χ2n) is 4.43. The molecule has 2 N–H and O–H groups in total. The van der Waals surface area contributed by atoms with E-state index in [-0.39, 0.29) is 6.54 Å². The fourth-order valence-corrected chi connectivity index (χ4v) is 1.65. The highest BCUT2D eigenvalue weighted by Gasteiger charge is 2.17. The summed E-state index contributed by atoms with van der Waals surface area (Å²) in [4.78, 5) is 23.1. The van der Waals surface area contributed by atoms with E-state index in [2.05, 4.69) is 6.92 Å². The molecule has 1 unspecified atom stereocenters. The number of carbonyl (C=O) groups is 2. The lowest BCUT2D eigenvalue weighted by molar-refractivity contribution is -0.144. The molecule has 0 bridgehead atoms. The van der Waals surface area contributed by atoms with Gasteiger partial charge in [-0.25, -0.2) is 0 Å². The minimum atomic E-state index is -0.905. The molecule has 5 heteroatoms. The van der Waals surface area contributed by atoms with Gasteiger partial charge >= 0.3 is 11.9 Å². The van der Waals surface area contributed by atoms with Crippen LogP contribution in [0.15, 0.2) is 0 Å². The van der Waals surface area contributed by atoms with Gasteiger partial charge in [0.1, 0.15) is 0 Å². The van der Waals surface area contributed by atoms with E-state index in [1.165, 1.54) is 0 Å². The molecule has 0 saturated heterocycles. The SMILES string of the molecule is CCCCCCN(CC(=O)O)CC(C)C(=O)O. The minimum Gasteiger partial charge on any atom is -0.481 e. The van der Waals surface area contributed by atoms with Gasteiger partial charge in [-0.2, -0.15) is 0 Å². The Morgan fingerprint density at radius 2 is 1.82 bits per heavy atom. The number of carboxylic acids is 2. The Hall–Kier alpha value is -1.10. The first-order valence-electron chi connectivity index (χ1n) is 6.14. The average molecular weight is 245 g/mol. The van der Waals surface area contributed by atoms with Crippen molar-refractivity contribution in [3.8, 4) is 0 Å². The number of nitrogens with zero attached hydrogens (tertiary/aromatic N) is 1. The predicted molar refractivity (Wildman–Crippen MR) is 65.0 cm³/mol. The van der Waals surface area contributed by atoms with Crippen molar-refractivity contribution >= 4 is 11.9 Å². The summed E-state index contributed by atoms with van der Waals surface area (Å²) in [6, 6.07) is 0. The van der Waals surface area contributed by atoms with E-state index in [1.54, 1.807) is 11.8 Å². The Labute approximate surface area is 102 Å². The third-order valence-corrected chi connectivity index (χ3v) is 2.64. The van der Waals surface area contributed by atoms with Crippen molar-refractivity contribution in [2.75, 3.05) is 19.6 Å². The van der Waals surface area contributed by atoms with Gasteiger partial charge in [-0.15, -0.1) is 0 Å². The zero-order valence-electron chi connectivity index (χ0n) is 10.7. The van der Waals surface area contributed by atoms with E-state index in [4.69, 9.17) is 10.2 Å². The van der Waals surface area contributed by atoms with E-state index in [9.17, 15) is 9.59 Å². The zero-order chi connectivity index (χ0) is 13.3. The van der Waals surface area contributed by atoms with E-state index < -0.39 is 17.9 Å². The van der Waals surface area contributed by atoms with Crippen LogP contribution in [0.4, 0.5) is 0 Å². The lowest BCUT2D eigenvalue weighted by Gasteiger charge is -2.22. The molecular weight excluding hydrogens is 222 g/mol. The van der Waals surface area contributed by atoms with Crippen LogP contribution in [0.3, 0.4) is 0 Å². The molecule has 5 nitrogen and oxygen atoms in total. The van der Waals surface area contributed by atoms with Gasteiger partial charge in [0.25, 0.3) is 0 Å². The monoisotopic (exact) mass is 245 g/mol. The number of carboxylic acid groups (broad SMARTS) is 2. The van der Waals surface area contributed by atoms with Crippen molar-refractivity contribution in [1.82, 2.24) is 4.90 Å². The lowest BCUT2D eigenvalue weighted by Crippen LogP contribution is -2.36. The molecule has 0 saturated carbocycles. The summed E-state index contributed by atoms with van der Waals surface area (Å²) in [5.41, 5.74) is 0. The summed E-state index contributed by atoms with van der Waals surface area (Å²) in [6.07, 6.45) is 4.25. The van der Waals surface area contributed by atoms with Crippen LogP contribution in [-0.4, -0.2) is 46.7 Å². The molecule has 0 spiro atoms. The molecule has 0 aromatic heterocycles. The molecular formula is C12H23NO4. The second kappa shape index (κ2) is 8.98. The van der Waals surface area contributed by atoms with Crippen LogP contribution in [0.1, 0.15) is 39.5 Å². The van der Waals surface area contributed by atoms with Crippen LogP contribution in [-0.2, 0) is 9.59 Å². The fraction of sp³-hybridized carbons (Fsp3) is 0.833. The molecule has 0 aliphatic heterocycles. The van der Waals surface area contributed by atoms with E-state index in [1.807, 2.05) is 0 Å². The molecule has 100 valence electrons. The third-order valence-electron chi connectivity index (χ3n) is 2.64. The molecule has 0 fully saturated rings. The van der Waals surface area contributed by atoms with Gasteiger partial charge in [-0.05, 0) is 13.0 Å². The highest BCUT2D eigenvalue weighted by molar-refractivity contribution is 5.70. The number of rotatable bonds is 10. The van der Waals surface area contributed by atoms with Crippen molar-refractivity contribution in [1.29, 1.82) is 0 Å². The molecule has 1 atom stereocenters. The van der Waals surface area contributed by atoms with Gasteiger partial charge in [0, 0.05) is 6.54 Å². The first-order valence-corrected chi connectivity index (χ1v) is 6.14. The van der Waals surface area contributed by atoms with E-state index >= 15 is 0 Å². The van der Waals surface area contributed by atoms with E-state index in [0.29, 0.717) is 13.1 Å². The van der Waals surface area contributed by atoms with Crippen LogP contribution in [0, 0.1) is 5.92 Å². The maximum atomic E-state index is 10.7. The number of aliphatic carboxylic acids is 2. The highest BCUT2D eigenvalue weighted by Crippen LogP contribution is 2.05. The Bertz CT molecular complexity index is 243. The molecule has 0 rings (SSSR count). The molecule has 0 aliphatic rings. The van der Waals surface area contributed by atoms with Gasteiger partial charge < -0.3 is 10.2 Å². The van der Waals surface area contributed by atoms with Crippen LogP contribution in [0.5, 0.6) is 0 Å². The Morgan fingerprint density at radius 1 is 1.18 bits per heavy atom. The number of hydrogen-bond acceptors (Lipinski definition) is 3. The van der Waals surface area contributed by atoms with Gasteiger partial charge in [0.15, 0.2) is 0 Å². The molecule has 17 heavy (non-hydrogen) atoms. The first kappa shape index (κ1) is 15.9. The van der Waals surface area contributed by atoms with Crippen molar-refractivity contribution in [2.45, 2.75) is 39.5 Å². The average Bonchev–Trinajstić information content (AvgIpc) is 2.23. The van der Waals surface area contributed by atoms with Crippen LogP contribution in [0.25, 0.3) is 0 Å². The smallest absolute Gasteiger partial charge is 0.317 e. The number of unbranched alkanes of at least 4 members (excludes halogenated alkanes) is 3. The molecule has 0 amide bonds. The number of hydrogen-bond donors (Lipinski definition) is 2. The van der Waals surface area contributed by atoms with Crippen LogP contribution >= 0.6 is 0 Å². The van der Waals surface area contributed by atoms with Crippen molar-refractivity contribution in [3.63, 3.8) is 0 Å². The van der Waals surface area contributed by atoms with Crippen molar-refractivity contribution in [2.24, 2.45) is 5.92 Å². The molecule has 0 radical (unpaired) electrons. The Balaban J connectivity index is 4.04. The van der Waals surface area contributed by atoms with E-state index in [0.717, 1.165) is 25.7 Å². The third kappa shape index (κ3) is 8.68. The summed E-state index contributed by atoms with van der Waals surface area (Å²) in [5.74, 6) is -2.31. The Morgan fingerprint density at radius 3 is 2.29 bits per heavy atom. The summed E-state index contributed by atoms with van der Waals surface area (Å²) in [5, 5.41) is 17.5. The minimum absolute atomic E-state index is 0.0796. The lowest BCUT2D eigenvalue weighted by atomic mass is 10.1. The molecule has 0 heterocycles. The normalized spacial score (nSPS) is 12.6. The molecule has 0 aliphatic carbocycles. The predicted octanol–water partition coefficient (Wildman–Crippen LogP) is 1.67. The largest absolute Gasteiger partial charge is 0.481 e. The van der Waals surface area contributed by atoms with Crippen LogP contribution in [0.2, 0.25) is 0 Å². The van der Waals surface area contributed by atoms with Crippen molar-refractivity contribution < 1.29 is 19.8 Å². The maximum Gasteiger partial charge on any atom is 0.317 e.